The zero-order chi connectivity index (χ0) is 21.0. The highest BCUT2D eigenvalue weighted by atomic mass is 32.1. The van der Waals surface area contributed by atoms with Crippen molar-refractivity contribution in [2.45, 2.75) is 46.1 Å². The fourth-order valence-electron chi connectivity index (χ4n) is 2.51. The second kappa shape index (κ2) is 8.83. The van der Waals surface area contributed by atoms with E-state index in [1.807, 2.05) is 13.8 Å². The first-order chi connectivity index (χ1) is 13.1. The number of hydrogen-bond acceptors (Lipinski definition) is 6. The number of thiophene rings is 1. The number of rotatable bonds is 8. The molecule has 9 heteroatoms. The molecular weight excluding hydrogens is 382 g/mol. The van der Waals surface area contributed by atoms with Gasteiger partial charge >= 0.3 is 5.69 Å². The number of carbonyl (C=O) groups is 2. The number of hydrogen-bond donors (Lipinski definition) is 2. The van der Waals surface area contributed by atoms with E-state index >= 15 is 0 Å². The number of nitrogens with one attached hydrogen (secondary N) is 1. The van der Waals surface area contributed by atoms with Crippen LogP contribution in [0.3, 0.4) is 0 Å². The maximum atomic E-state index is 12.7. The molecule has 0 fully saturated rings. The van der Waals surface area contributed by atoms with Gasteiger partial charge in [0, 0.05) is 10.9 Å². The van der Waals surface area contributed by atoms with E-state index in [-0.39, 0.29) is 29.3 Å². The molecule has 0 aliphatic carbocycles. The Kier molecular flexibility index (Phi) is 6.74. The van der Waals surface area contributed by atoms with Gasteiger partial charge in [0.05, 0.1) is 10.5 Å². The Morgan fingerprint density at radius 2 is 2.00 bits per heavy atom. The smallest absolute Gasteiger partial charge is 0.311 e. The number of carbonyl (C=O) groups excluding carboxylic acids is 2. The molecule has 1 heterocycles. The Hall–Kier alpha value is -2.94. The lowest BCUT2D eigenvalue weighted by molar-refractivity contribution is -0.386. The summed E-state index contributed by atoms with van der Waals surface area (Å²) in [6, 6.07) is 6.20. The molecule has 2 rings (SSSR count). The Labute approximate surface area is 166 Å². The fourth-order valence-corrected chi connectivity index (χ4v) is 3.58. The Balaban J connectivity index is 2.26. The molecule has 1 atom stereocenters. The maximum absolute atomic E-state index is 12.7. The number of anilines is 1. The molecule has 0 spiro atoms. The van der Waals surface area contributed by atoms with E-state index in [2.05, 4.69) is 5.32 Å². The van der Waals surface area contributed by atoms with Crippen LogP contribution in [0, 0.1) is 17.0 Å². The van der Waals surface area contributed by atoms with Gasteiger partial charge in [0.2, 0.25) is 0 Å². The van der Waals surface area contributed by atoms with Crippen LogP contribution >= 0.6 is 11.3 Å². The van der Waals surface area contributed by atoms with Crippen molar-refractivity contribution >= 4 is 33.8 Å². The average molecular weight is 405 g/mol. The van der Waals surface area contributed by atoms with Crippen LogP contribution in [0.4, 0.5) is 10.7 Å². The summed E-state index contributed by atoms with van der Waals surface area (Å²) in [6.07, 6.45) is -0.683. The Morgan fingerprint density at radius 3 is 2.54 bits per heavy atom. The lowest BCUT2D eigenvalue weighted by Gasteiger charge is -2.17. The SMILES string of the molecule is CCC(Oc1ccc(C)cc1[N+](=O)[O-])C(=O)Nc1sc(C(C)C)cc1C(N)=O. The molecule has 0 saturated carbocycles. The van der Waals surface area contributed by atoms with Gasteiger partial charge in [-0.05, 0) is 37.0 Å². The number of nitro benzene ring substituents is 1. The van der Waals surface area contributed by atoms with Crippen molar-refractivity contribution in [1.29, 1.82) is 0 Å². The highest BCUT2D eigenvalue weighted by Crippen LogP contribution is 2.33. The monoisotopic (exact) mass is 405 g/mol. The Morgan fingerprint density at radius 1 is 1.32 bits per heavy atom. The predicted octanol–water partition coefficient (Wildman–Crippen LogP) is 3.98. The number of primary amides is 1. The molecule has 0 radical (unpaired) electrons. The van der Waals surface area contributed by atoms with E-state index in [0.29, 0.717) is 10.6 Å². The summed E-state index contributed by atoms with van der Waals surface area (Å²) in [4.78, 5) is 36.0. The quantitative estimate of drug-likeness (QED) is 0.507. The van der Waals surface area contributed by atoms with Crippen LogP contribution in [-0.2, 0) is 4.79 Å². The van der Waals surface area contributed by atoms with Gasteiger partial charge in [-0.25, -0.2) is 0 Å². The number of nitrogens with two attached hydrogens (primary N) is 1. The third-order valence-electron chi connectivity index (χ3n) is 4.07. The highest BCUT2D eigenvalue weighted by Gasteiger charge is 2.26. The van der Waals surface area contributed by atoms with E-state index < -0.39 is 22.8 Å². The second-order valence-corrected chi connectivity index (χ2v) is 7.73. The minimum atomic E-state index is -0.966. The zero-order valence-electron chi connectivity index (χ0n) is 16.1. The molecule has 1 aromatic heterocycles. The van der Waals surface area contributed by atoms with Gasteiger partial charge < -0.3 is 15.8 Å². The third-order valence-corrected chi connectivity index (χ3v) is 5.42. The number of aryl methyl sites for hydroxylation is 1. The van der Waals surface area contributed by atoms with Crippen LogP contribution in [0.1, 0.15) is 53.9 Å². The lowest BCUT2D eigenvalue weighted by Crippen LogP contribution is -2.33. The van der Waals surface area contributed by atoms with E-state index in [9.17, 15) is 19.7 Å². The summed E-state index contributed by atoms with van der Waals surface area (Å²) in [5.41, 5.74) is 6.15. The normalized spacial score (nSPS) is 11.9. The van der Waals surface area contributed by atoms with Crippen molar-refractivity contribution < 1.29 is 19.2 Å². The molecule has 2 aromatic rings. The topological polar surface area (TPSA) is 125 Å². The summed E-state index contributed by atoms with van der Waals surface area (Å²) in [5.74, 6) is -0.956. The molecule has 1 unspecified atom stereocenters. The first kappa shape index (κ1) is 21.4. The molecular formula is C19H23N3O5S. The molecule has 0 aliphatic heterocycles. The van der Waals surface area contributed by atoms with Crippen molar-refractivity contribution in [3.05, 3.63) is 50.4 Å². The van der Waals surface area contributed by atoms with E-state index in [4.69, 9.17) is 10.5 Å². The second-order valence-electron chi connectivity index (χ2n) is 6.64. The summed E-state index contributed by atoms with van der Waals surface area (Å²) >= 11 is 1.27. The van der Waals surface area contributed by atoms with E-state index in [1.165, 1.54) is 23.5 Å². The molecule has 28 heavy (non-hydrogen) atoms. The van der Waals surface area contributed by atoms with Gasteiger partial charge in [0.25, 0.3) is 11.8 Å². The number of amides is 2. The van der Waals surface area contributed by atoms with Crippen molar-refractivity contribution in [3.8, 4) is 5.75 Å². The molecule has 0 bridgehead atoms. The first-order valence-electron chi connectivity index (χ1n) is 8.80. The number of nitrogens with zero attached hydrogens (tertiary/aromatic N) is 1. The van der Waals surface area contributed by atoms with Crippen LogP contribution in [0.5, 0.6) is 5.75 Å². The minimum Gasteiger partial charge on any atom is -0.473 e. The number of ether oxygens (including phenoxy) is 1. The van der Waals surface area contributed by atoms with Gasteiger partial charge in [0.1, 0.15) is 5.00 Å². The first-order valence-corrected chi connectivity index (χ1v) is 9.61. The molecule has 3 N–H and O–H groups in total. The number of benzene rings is 1. The highest BCUT2D eigenvalue weighted by molar-refractivity contribution is 7.16. The van der Waals surface area contributed by atoms with Crippen LogP contribution < -0.4 is 15.8 Å². The summed E-state index contributed by atoms with van der Waals surface area (Å²) in [6.45, 7) is 7.40. The van der Waals surface area contributed by atoms with Crippen LogP contribution in [0.15, 0.2) is 24.3 Å². The largest absolute Gasteiger partial charge is 0.473 e. The molecule has 1 aromatic carbocycles. The van der Waals surface area contributed by atoms with Crippen LogP contribution in [-0.4, -0.2) is 22.8 Å². The van der Waals surface area contributed by atoms with Crippen LogP contribution in [0.25, 0.3) is 0 Å². The van der Waals surface area contributed by atoms with Crippen LogP contribution in [0.2, 0.25) is 0 Å². The summed E-state index contributed by atoms with van der Waals surface area (Å²) in [7, 11) is 0. The van der Waals surface area contributed by atoms with E-state index in [1.54, 1.807) is 26.0 Å². The molecule has 0 saturated heterocycles. The zero-order valence-corrected chi connectivity index (χ0v) is 17.0. The number of nitro groups is 1. The van der Waals surface area contributed by atoms with Gasteiger partial charge in [0.15, 0.2) is 11.9 Å². The average Bonchev–Trinajstić information content (AvgIpc) is 3.04. The molecule has 150 valence electrons. The van der Waals surface area contributed by atoms with E-state index in [0.717, 1.165) is 4.88 Å². The van der Waals surface area contributed by atoms with Crippen molar-refractivity contribution in [2.75, 3.05) is 5.32 Å². The van der Waals surface area contributed by atoms with Crippen molar-refractivity contribution in [3.63, 3.8) is 0 Å². The summed E-state index contributed by atoms with van der Waals surface area (Å²) < 4.78 is 5.63. The summed E-state index contributed by atoms with van der Waals surface area (Å²) in [5, 5.41) is 14.3. The molecule has 0 aliphatic rings. The standard InChI is InChI=1S/C19H23N3O5S/c1-5-14(27-15-7-6-11(4)8-13(15)22(25)26)18(24)21-19-12(17(20)23)9-16(28-19)10(2)3/h6-10,14H,5H2,1-4H3,(H2,20,23)(H,21,24). The van der Waals surface area contributed by atoms with Gasteiger partial charge in [-0.3, -0.25) is 19.7 Å². The predicted molar refractivity (Wildman–Crippen MR) is 108 cm³/mol. The van der Waals surface area contributed by atoms with Crippen molar-refractivity contribution in [2.24, 2.45) is 5.73 Å². The minimum absolute atomic E-state index is 0.0155. The molecule has 2 amide bonds. The third kappa shape index (κ3) is 4.86. The maximum Gasteiger partial charge on any atom is 0.311 e. The van der Waals surface area contributed by atoms with Gasteiger partial charge in [-0.1, -0.05) is 26.8 Å². The van der Waals surface area contributed by atoms with Gasteiger partial charge in [-0.15, -0.1) is 11.3 Å². The lowest BCUT2D eigenvalue weighted by atomic mass is 10.1. The van der Waals surface area contributed by atoms with Crippen molar-refractivity contribution in [1.82, 2.24) is 0 Å². The fraction of sp³-hybridized carbons (Fsp3) is 0.368. The van der Waals surface area contributed by atoms with Gasteiger partial charge in [-0.2, -0.15) is 0 Å². The molecule has 8 nitrogen and oxygen atoms in total. The Bertz CT molecular complexity index is 907.